The molecule has 2 aliphatic rings. The number of aromatic nitrogens is 1. The number of amides is 1. The monoisotopic (exact) mass is 599 g/mol. The Bertz CT molecular complexity index is 1250. The lowest BCUT2D eigenvalue weighted by molar-refractivity contribution is -0.139. The first-order chi connectivity index (χ1) is 17.5. The first-order valence-corrected chi connectivity index (χ1v) is 13.1. The van der Waals surface area contributed by atoms with Gasteiger partial charge in [0.05, 0.1) is 24.8 Å². The molecule has 4 rings (SSSR count). The van der Waals surface area contributed by atoms with Gasteiger partial charge < -0.3 is 15.0 Å². The Hall–Kier alpha value is -2.77. The molecule has 1 amide bonds. The fourth-order valence-electron chi connectivity index (χ4n) is 4.36. The number of aliphatic imine (C=N–C) groups is 1. The molecule has 1 unspecified atom stereocenters. The molecule has 2 aromatic rings. The summed E-state index contributed by atoms with van der Waals surface area (Å²) in [6, 6.07) is 1.97. The van der Waals surface area contributed by atoms with E-state index >= 15 is 0 Å². The minimum absolute atomic E-state index is 0.0689. The summed E-state index contributed by atoms with van der Waals surface area (Å²) in [7, 11) is 3.02. The van der Waals surface area contributed by atoms with E-state index in [1.807, 2.05) is 0 Å². The van der Waals surface area contributed by atoms with Gasteiger partial charge in [-0.05, 0) is 24.6 Å². The van der Waals surface area contributed by atoms with Crippen LogP contribution in [-0.4, -0.2) is 78.3 Å². The van der Waals surface area contributed by atoms with E-state index in [9.17, 15) is 22.8 Å². The molecule has 1 aromatic heterocycles. The van der Waals surface area contributed by atoms with Crippen LogP contribution in [0.2, 0.25) is 0 Å². The van der Waals surface area contributed by atoms with Gasteiger partial charge >= 0.3 is 5.97 Å². The number of carbonyl (C=O) groups is 2. The van der Waals surface area contributed by atoms with Crippen LogP contribution >= 0.6 is 27.3 Å². The van der Waals surface area contributed by atoms with E-state index in [1.165, 1.54) is 53.4 Å². The molecule has 37 heavy (non-hydrogen) atoms. The maximum Gasteiger partial charge on any atom is 0.338 e. The fraction of sp³-hybridized carbons (Fsp3) is 0.417. The van der Waals surface area contributed by atoms with Gasteiger partial charge in [-0.15, -0.1) is 11.3 Å². The number of benzene rings is 1. The summed E-state index contributed by atoms with van der Waals surface area (Å²) in [6.07, 6.45) is 0.955. The summed E-state index contributed by atoms with van der Waals surface area (Å²) >= 11 is 4.66. The van der Waals surface area contributed by atoms with Gasteiger partial charge in [0.2, 0.25) is 5.91 Å². The first-order valence-electron chi connectivity index (χ1n) is 11.4. The number of rotatable bonds is 7. The predicted octanol–water partition coefficient (Wildman–Crippen LogP) is 3.75. The quantitative estimate of drug-likeness (QED) is 0.488. The number of hydrogen-bond donors (Lipinski definition) is 1. The van der Waals surface area contributed by atoms with Crippen LogP contribution in [-0.2, 0) is 14.3 Å². The first kappa shape index (κ1) is 27.3. The fourth-order valence-corrected chi connectivity index (χ4v) is 5.52. The second kappa shape index (κ2) is 10.9. The number of carbonyl (C=O) groups excluding carboxylic acids is 2. The molecule has 0 spiro atoms. The van der Waals surface area contributed by atoms with Crippen LogP contribution in [0.15, 0.2) is 50.5 Å². The molecular formula is C24H25BrF3N5O3S. The molecule has 1 fully saturated rings. The maximum absolute atomic E-state index is 14.5. The third-order valence-electron chi connectivity index (χ3n) is 5.97. The van der Waals surface area contributed by atoms with E-state index < -0.39 is 48.7 Å². The van der Waals surface area contributed by atoms with E-state index in [1.54, 1.807) is 18.5 Å². The average molecular weight is 600 g/mol. The van der Waals surface area contributed by atoms with Gasteiger partial charge in [0.25, 0.3) is 5.92 Å². The largest absolute Gasteiger partial charge is 0.463 e. The van der Waals surface area contributed by atoms with Crippen molar-refractivity contribution in [3.8, 4) is 0 Å². The van der Waals surface area contributed by atoms with E-state index in [2.05, 4.69) is 26.2 Å². The zero-order valence-electron chi connectivity index (χ0n) is 20.3. The Kier molecular flexibility index (Phi) is 8.05. The third kappa shape index (κ3) is 5.88. The van der Waals surface area contributed by atoms with Crippen molar-refractivity contribution in [1.82, 2.24) is 20.1 Å². The number of ether oxygens (including phenoxy) is 1. The molecule has 0 saturated carbocycles. The van der Waals surface area contributed by atoms with Crippen LogP contribution in [0.3, 0.4) is 0 Å². The molecule has 1 aromatic carbocycles. The Balaban J connectivity index is 1.84. The van der Waals surface area contributed by atoms with Gasteiger partial charge in [-0.3, -0.25) is 14.7 Å². The third-order valence-corrected chi connectivity index (χ3v) is 7.43. The highest BCUT2D eigenvalue weighted by atomic mass is 79.9. The Morgan fingerprint density at radius 2 is 2.11 bits per heavy atom. The normalized spacial score (nSPS) is 21.4. The van der Waals surface area contributed by atoms with E-state index in [0.29, 0.717) is 20.9 Å². The standard InChI is InChI=1S/C24H25BrF3N5O3S/c1-4-36-23(35)18-16(11-33-12-24(27,28)10-17(33)22(34)32(2)3)30-20(21-29-7-8-37-21)31-19(18)14-6-5-13(26)9-15(14)25/h5-9,17,19H,4,10-12H2,1-3H3,(H,30,31)/t17-,19?/m0/s1. The summed E-state index contributed by atoms with van der Waals surface area (Å²) in [4.78, 5) is 37.6. The summed E-state index contributed by atoms with van der Waals surface area (Å²) in [5, 5.41) is 5.35. The second-order valence-electron chi connectivity index (χ2n) is 8.83. The van der Waals surface area contributed by atoms with Crippen molar-refractivity contribution in [3.05, 3.63) is 61.9 Å². The Morgan fingerprint density at radius 1 is 1.35 bits per heavy atom. The second-order valence-corrected chi connectivity index (χ2v) is 10.6. The molecular weight excluding hydrogens is 575 g/mol. The SMILES string of the molecule is CCOC(=O)C1=C(CN2CC(F)(F)C[C@H]2C(=O)N(C)C)NC(c2nccs2)=NC1c1ccc(F)cc1Br. The summed E-state index contributed by atoms with van der Waals surface area (Å²) in [5.74, 6) is -4.41. The Labute approximate surface area is 224 Å². The number of likely N-dealkylation sites (tertiary alicyclic amines) is 1. The number of nitrogens with one attached hydrogen (secondary N) is 1. The number of likely N-dealkylation sites (N-methyl/N-ethyl adjacent to an activating group) is 1. The number of esters is 1. The van der Waals surface area contributed by atoms with Gasteiger partial charge in [-0.2, -0.15) is 0 Å². The number of nitrogens with zero attached hydrogens (tertiary/aromatic N) is 4. The molecule has 1 saturated heterocycles. The molecule has 13 heteroatoms. The van der Waals surface area contributed by atoms with E-state index in [0.717, 1.165) is 0 Å². The number of amidine groups is 1. The van der Waals surface area contributed by atoms with Gasteiger partial charge in [0.1, 0.15) is 11.9 Å². The van der Waals surface area contributed by atoms with Crippen LogP contribution < -0.4 is 5.32 Å². The van der Waals surface area contributed by atoms with Crippen LogP contribution in [0.25, 0.3) is 0 Å². The van der Waals surface area contributed by atoms with Gasteiger partial charge in [0.15, 0.2) is 10.8 Å². The van der Waals surface area contributed by atoms with Crippen molar-refractivity contribution in [2.75, 3.05) is 33.8 Å². The highest BCUT2D eigenvalue weighted by Crippen LogP contribution is 2.39. The maximum atomic E-state index is 14.5. The smallest absolute Gasteiger partial charge is 0.338 e. The van der Waals surface area contributed by atoms with Crippen molar-refractivity contribution >= 4 is 45.0 Å². The highest BCUT2D eigenvalue weighted by molar-refractivity contribution is 9.10. The lowest BCUT2D eigenvalue weighted by Gasteiger charge is -2.31. The molecule has 0 bridgehead atoms. The Morgan fingerprint density at radius 3 is 2.73 bits per heavy atom. The van der Waals surface area contributed by atoms with Crippen LogP contribution in [0, 0.1) is 5.82 Å². The van der Waals surface area contributed by atoms with Crippen molar-refractivity contribution in [2.45, 2.75) is 31.4 Å². The molecule has 2 atom stereocenters. The van der Waals surface area contributed by atoms with Crippen LogP contribution in [0.1, 0.15) is 30.0 Å². The van der Waals surface area contributed by atoms with Crippen LogP contribution in [0.4, 0.5) is 13.2 Å². The van der Waals surface area contributed by atoms with Crippen molar-refractivity contribution < 1.29 is 27.5 Å². The molecule has 0 aliphatic carbocycles. The van der Waals surface area contributed by atoms with E-state index in [4.69, 9.17) is 9.73 Å². The summed E-state index contributed by atoms with van der Waals surface area (Å²) in [6.45, 7) is 0.884. The van der Waals surface area contributed by atoms with Gasteiger partial charge in [0, 0.05) is 48.8 Å². The zero-order valence-corrected chi connectivity index (χ0v) is 22.7. The number of hydrogen-bond acceptors (Lipinski definition) is 8. The predicted molar refractivity (Wildman–Crippen MR) is 136 cm³/mol. The molecule has 0 radical (unpaired) electrons. The lowest BCUT2D eigenvalue weighted by Crippen LogP contribution is -2.46. The molecule has 2 aliphatic heterocycles. The topological polar surface area (TPSA) is 87.1 Å². The van der Waals surface area contributed by atoms with E-state index in [-0.39, 0.29) is 24.4 Å². The lowest BCUT2D eigenvalue weighted by atomic mass is 9.95. The summed E-state index contributed by atoms with van der Waals surface area (Å²) in [5.41, 5.74) is 0.819. The van der Waals surface area contributed by atoms with Gasteiger partial charge in [-0.1, -0.05) is 22.0 Å². The summed E-state index contributed by atoms with van der Waals surface area (Å²) < 4.78 is 48.6. The zero-order chi connectivity index (χ0) is 26.9. The number of thiazole rings is 1. The van der Waals surface area contributed by atoms with Gasteiger partial charge in [-0.25, -0.2) is 22.9 Å². The van der Waals surface area contributed by atoms with Crippen molar-refractivity contribution in [1.29, 1.82) is 0 Å². The van der Waals surface area contributed by atoms with Crippen LogP contribution in [0.5, 0.6) is 0 Å². The molecule has 3 heterocycles. The highest BCUT2D eigenvalue weighted by Gasteiger charge is 2.49. The minimum Gasteiger partial charge on any atom is -0.463 e. The average Bonchev–Trinajstić information content (AvgIpc) is 3.46. The molecule has 8 nitrogen and oxygen atoms in total. The minimum atomic E-state index is -3.08. The molecule has 1 N–H and O–H groups in total. The molecule has 198 valence electrons. The van der Waals surface area contributed by atoms with Crippen molar-refractivity contribution in [2.24, 2.45) is 4.99 Å². The number of alkyl halides is 2. The number of halogens is 4. The van der Waals surface area contributed by atoms with Crippen molar-refractivity contribution in [3.63, 3.8) is 0 Å².